The van der Waals surface area contributed by atoms with E-state index in [4.69, 9.17) is 0 Å². The molecule has 0 heterocycles. The van der Waals surface area contributed by atoms with Crippen LogP contribution >= 0.6 is 12.6 Å². The van der Waals surface area contributed by atoms with Crippen LogP contribution in [0.4, 0.5) is 5.69 Å². The molecule has 3 rings (SSSR count). The number of thiol groups is 1. The van der Waals surface area contributed by atoms with E-state index in [0.29, 0.717) is 0 Å². The van der Waals surface area contributed by atoms with Gasteiger partial charge in [0.25, 0.3) is 0 Å². The summed E-state index contributed by atoms with van der Waals surface area (Å²) in [4.78, 5) is 0. The standard InChI is InChI=1S/C25H23NS/c1-19-9-8-12-22(17-19)20(2)18-23(15-16-27)26-25-14-7-6-13-24(25)21-10-4-3-5-11-21/h3-18,26-27H,2H2,1H3/b16-15-,23-18+. The second kappa shape index (κ2) is 9.11. The number of benzene rings is 3. The zero-order valence-corrected chi connectivity index (χ0v) is 16.3. The SMILES string of the molecule is C=C(/C=C(\C=C/S)Nc1ccccc1-c1ccccc1)c1cccc(C)c1. The lowest BCUT2D eigenvalue weighted by Gasteiger charge is -2.14. The molecule has 0 aliphatic heterocycles. The van der Waals surface area contributed by atoms with Crippen LogP contribution in [-0.4, -0.2) is 0 Å². The van der Waals surface area contributed by atoms with E-state index in [1.165, 1.54) is 11.1 Å². The highest BCUT2D eigenvalue weighted by molar-refractivity contribution is 7.83. The lowest BCUT2D eigenvalue weighted by Crippen LogP contribution is -1.99. The van der Waals surface area contributed by atoms with Crippen molar-refractivity contribution in [1.29, 1.82) is 0 Å². The third-order valence-corrected chi connectivity index (χ3v) is 4.41. The normalized spacial score (nSPS) is 11.6. The highest BCUT2D eigenvalue weighted by Gasteiger charge is 2.06. The quantitative estimate of drug-likeness (QED) is 0.348. The molecule has 0 unspecified atom stereocenters. The summed E-state index contributed by atoms with van der Waals surface area (Å²) in [7, 11) is 0. The third kappa shape index (κ3) is 5.02. The number of allylic oxidation sites excluding steroid dienone is 3. The Morgan fingerprint density at radius 3 is 2.41 bits per heavy atom. The fourth-order valence-corrected chi connectivity index (χ4v) is 3.10. The van der Waals surface area contributed by atoms with Crippen molar-refractivity contribution in [2.45, 2.75) is 6.92 Å². The van der Waals surface area contributed by atoms with Crippen LogP contribution < -0.4 is 5.32 Å². The fourth-order valence-electron chi connectivity index (χ4n) is 2.94. The summed E-state index contributed by atoms with van der Waals surface area (Å²) >= 11 is 4.26. The molecule has 0 spiro atoms. The van der Waals surface area contributed by atoms with E-state index in [2.05, 4.69) is 98.2 Å². The first-order chi connectivity index (χ1) is 13.2. The smallest absolute Gasteiger partial charge is 0.0463 e. The van der Waals surface area contributed by atoms with Gasteiger partial charge in [-0.3, -0.25) is 0 Å². The van der Waals surface area contributed by atoms with Gasteiger partial charge >= 0.3 is 0 Å². The zero-order valence-electron chi connectivity index (χ0n) is 15.4. The van der Waals surface area contributed by atoms with Crippen molar-refractivity contribution >= 4 is 23.9 Å². The lowest BCUT2D eigenvalue weighted by atomic mass is 10.0. The van der Waals surface area contributed by atoms with Gasteiger partial charge in [0.15, 0.2) is 0 Å². The summed E-state index contributed by atoms with van der Waals surface area (Å²) in [6.45, 7) is 6.32. The molecule has 0 aliphatic rings. The van der Waals surface area contributed by atoms with Crippen molar-refractivity contribution in [2.24, 2.45) is 0 Å². The molecule has 3 aromatic rings. The second-order valence-electron chi connectivity index (χ2n) is 6.35. The van der Waals surface area contributed by atoms with Crippen LogP contribution in [0.2, 0.25) is 0 Å². The summed E-state index contributed by atoms with van der Waals surface area (Å²) in [5.41, 5.74) is 7.57. The van der Waals surface area contributed by atoms with Crippen molar-refractivity contribution in [1.82, 2.24) is 0 Å². The van der Waals surface area contributed by atoms with Gasteiger partial charge in [-0.05, 0) is 47.3 Å². The number of para-hydroxylation sites is 1. The van der Waals surface area contributed by atoms with Gasteiger partial charge in [0.05, 0.1) is 0 Å². The summed E-state index contributed by atoms with van der Waals surface area (Å²) in [6.07, 6.45) is 3.98. The van der Waals surface area contributed by atoms with Crippen LogP contribution in [-0.2, 0) is 0 Å². The summed E-state index contributed by atoms with van der Waals surface area (Å²) in [5.74, 6) is 0. The van der Waals surface area contributed by atoms with Crippen molar-refractivity contribution in [3.63, 3.8) is 0 Å². The molecular formula is C25H23NS. The van der Waals surface area contributed by atoms with E-state index in [0.717, 1.165) is 28.1 Å². The minimum atomic E-state index is 0.930. The maximum atomic E-state index is 4.26. The number of hydrogen-bond donors (Lipinski definition) is 2. The molecule has 0 atom stereocenters. The summed E-state index contributed by atoms with van der Waals surface area (Å²) in [5, 5.41) is 5.26. The van der Waals surface area contributed by atoms with E-state index in [1.54, 1.807) is 5.41 Å². The van der Waals surface area contributed by atoms with Gasteiger partial charge in [-0.2, -0.15) is 12.6 Å². The second-order valence-corrected chi connectivity index (χ2v) is 6.64. The molecule has 3 aromatic carbocycles. The number of aryl methyl sites for hydroxylation is 1. The van der Waals surface area contributed by atoms with Crippen molar-refractivity contribution in [2.75, 3.05) is 5.32 Å². The topological polar surface area (TPSA) is 12.0 Å². The number of nitrogens with one attached hydrogen (secondary N) is 1. The predicted octanol–water partition coefficient (Wildman–Crippen LogP) is 7.11. The molecule has 1 nitrogen and oxygen atoms in total. The first-order valence-corrected chi connectivity index (χ1v) is 9.39. The Labute approximate surface area is 167 Å². The zero-order chi connectivity index (χ0) is 19.1. The molecular weight excluding hydrogens is 346 g/mol. The maximum Gasteiger partial charge on any atom is 0.0463 e. The van der Waals surface area contributed by atoms with Crippen molar-refractivity contribution in [3.8, 4) is 11.1 Å². The Kier molecular flexibility index (Phi) is 6.35. The van der Waals surface area contributed by atoms with E-state index < -0.39 is 0 Å². The minimum absolute atomic E-state index is 0.930. The highest BCUT2D eigenvalue weighted by atomic mass is 32.1. The first-order valence-electron chi connectivity index (χ1n) is 8.87. The Morgan fingerprint density at radius 1 is 0.926 bits per heavy atom. The van der Waals surface area contributed by atoms with Crippen LogP contribution in [0.3, 0.4) is 0 Å². The van der Waals surface area contributed by atoms with E-state index in [-0.39, 0.29) is 0 Å². The van der Waals surface area contributed by atoms with Gasteiger partial charge in [-0.15, -0.1) is 0 Å². The fraction of sp³-hybridized carbons (Fsp3) is 0.0400. The van der Waals surface area contributed by atoms with Crippen LogP contribution in [0.1, 0.15) is 11.1 Å². The molecule has 0 radical (unpaired) electrons. The van der Waals surface area contributed by atoms with Crippen molar-refractivity contribution < 1.29 is 0 Å². The summed E-state index contributed by atoms with van der Waals surface area (Å²) in [6, 6.07) is 27.0. The molecule has 0 amide bonds. The molecule has 27 heavy (non-hydrogen) atoms. The Morgan fingerprint density at radius 2 is 1.67 bits per heavy atom. The highest BCUT2D eigenvalue weighted by Crippen LogP contribution is 2.29. The molecule has 0 aliphatic carbocycles. The van der Waals surface area contributed by atoms with Gasteiger partial charge in [0, 0.05) is 16.9 Å². The minimum Gasteiger partial charge on any atom is -0.355 e. The maximum absolute atomic E-state index is 4.26. The van der Waals surface area contributed by atoms with Gasteiger partial charge < -0.3 is 5.32 Å². The molecule has 0 aromatic heterocycles. The van der Waals surface area contributed by atoms with Crippen LogP contribution in [0, 0.1) is 6.92 Å². The molecule has 0 fully saturated rings. The van der Waals surface area contributed by atoms with Gasteiger partial charge in [0.2, 0.25) is 0 Å². The number of rotatable bonds is 6. The van der Waals surface area contributed by atoms with Gasteiger partial charge in [0.1, 0.15) is 0 Å². The molecule has 134 valence electrons. The van der Waals surface area contributed by atoms with E-state index in [1.807, 2.05) is 24.3 Å². The van der Waals surface area contributed by atoms with Gasteiger partial charge in [-0.1, -0.05) is 84.9 Å². The first kappa shape index (κ1) is 18.8. The van der Waals surface area contributed by atoms with Crippen molar-refractivity contribution in [3.05, 3.63) is 120 Å². The van der Waals surface area contributed by atoms with E-state index >= 15 is 0 Å². The average Bonchev–Trinajstić information content (AvgIpc) is 2.69. The molecule has 1 N–H and O–H groups in total. The number of hydrogen-bond acceptors (Lipinski definition) is 2. The number of anilines is 1. The average molecular weight is 370 g/mol. The Balaban J connectivity index is 1.93. The molecule has 0 saturated heterocycles. The molecule has 2 heteroatoms. The van der Waals surface area contributed by atoms with Crippen LogP contribution in [0.5, 0.6) is 0 Å². The Bertz CT molecular complexity index is 984. The van der Waals surface area contributed by atoms with Crippen LogP contribution in [0.25, 0.3) is 16.7 Å². The van der Waals surface area contributed by atoms with Gasteiger partial charge in [-0.25, -0.2) is 0 Å². The van der Waals surface area contributed by atoms with E-state index in [9.17, 15) is 0 Å². The molecule has 0 saturated carbocycles. The third-order valence-electron chi connectivity index (χ3n) is 4.26. The predicted molar refractivity (Wildman–Crippen MR) is 122 cm³/mol. The Hall–Kier alpha value is -2.97. The summed E-state index contributed by atoms with van der Waals surface area (Å²) < 4.78 is 0. The molecule has 0 bridgehead atoms. The van der Waals surface area contributed by atoms with Crippen LogP contribution in [0.15, 0.2) is 109 Å². The lowest BCUT2D eigenvalue weighted by molar-refractivity contribution is 1.44. The largest absolute Gasteiger partial charge is 0.355 e. The monoisotopic (exact) mass is 369 g/mol.